The molecule has 160 valence electrons. The van der Waals surface area contributed by atoms with Crippen LogP contribution < -0.4 is 9.47 Å². The minimum atomic E-state index is -0.449. The van der Waals surface area contributed by atoms with Gasteiger partial charge in [-0.2, -0.15) is 0 Å². The summed E-state index contributed by atoms with van der Waals surface area (Å²) >= 11 is 0. The van der Waals surface area contributed by atoms with Crippen molar-refractivity contribution in [3.63, 3.8) is 0 Å². The van der Waals surface area contributed by atoms with Gasteiger partial charge in [-0.15, -0.1) is 0 Å². The topological polar surface area (TPSA) is 82.9 Å². The third-order valence-corrected chi connectivity index (χ3v) is 6.03. The molecule has 8 heteroatoms. The van der Waals surface area contributed by atoms with Crippen molar-refractivity contribution in [2.24, 2.45) is 5.92 Å². The predicted molar refractivity (Wildman–Crippen MR) is 109 cm³/mol. The van der Waals surface area contributed by atoms with Gasteiger partial charge in [0.1, 0.15) is 6.33 Å². The Morgan fingerprint density at radius 2 is 1.90 bits per heavy atom. The summed E-state index contributed by atoms with van der Waals surface area (Å²) in [4.78, 5) is 30.9. The van der Waals surface area contributed by atoms with E-state index in [9.17, 15) is 9.59 Å². The van der Waals surface area contributed by atoms with Crippen LogP contribution in [0.4, 0.5) is 4.79 Å². The summed E-state index contributed by atoms with van der Waals surface area (Å²) in [5, 5.41) is 0. The van der Waals surface area contributed by atoms with Crippen LogP contribution in [0, 0.1) is 5.92 Å². The van der Waals surface area contributed by atoms with Crippen molar-refractivity contribution in [1.29, 1.82) is 0 Å². The Morgan fingerprint density at radius 3 is 2.57 bits per heavy atom. The van der Waals surface area contributed by atoms with E-state index in [-0.39, 0.29) is 24.0 Å². The fourth-order valence-corrected chi connectivity index (χ4v) is 4.43. The number of hydrogen-bond acceptors (Lipinski definition) is 6. The summed E-state index contributed by atoms with van der Waals surface area (Å²) in [6, 6.07) is 5.54. The average Bonchev–Trinajstić information content (AvgIpc) is 3.54. The van der Waals surface area contributed by atoms with Gasteiger partial charge in [-0.05, 0) is 43.4 Å². The maximum atomic E-state index is 12.8. The molecule has 1 aromatic heterocycles. The maximum Gasteiger partial charge on any atom is 0.329 e. The second kappa shape index (κ2) is 8.77. The number of aromatic nitrogens is 2. The van der Waals surface area contributed by atoms with E-state index in [0.717, 1.165) is 18.4 Å². The molecule has 2 atom stereocenters. The lowest BCUT2D eigenvalue weighted by Crippen LogP contribution is -2.33. The normalized spacial score (nSPS) is 21.6. The number of hydrogen-bond donors (Lipinski definition) is 0. The van der Waals surface area contributed by atoms with Gasteiger partial charge in [0.05, 0.1) is 26.2 Å². The number of methoxy groups -OCH3 is 2. The highest BCUT2D eigenvalue weighted by Crippen LogP contribution is 2.39. The highest BCUT2D eigenvalue weighted by Gasteiger charge is 2.41. The molecule has 0 unspecified atom stereocenters. The van der Waals surface area contributed by atoms with Crippen LogP contribution in [0.2, 0.25) is 0 Å². The van der Waals surface area contributed by atoms with Gasteiger partial charge in [-0.3, -0.25) is 9.36 Å². The minimum absolute atomic E-state index is 0.188. The molecule has 2 aliphatic rings. The molecule has 1 saturated carbocycles. The number of carbonyl (C=O) groups excluding carboxylic acids is 2. The van der Waals surface area contributed by atoms with Crippen LogP contribution in [0.1, 0.15) is 37.2 Å². The number of ether oxygens (including phenoxy) is 3. The molecule has 0 spiro atoms. The zero-order valence-corrected chi connectivity index (χ0v) is 17.3. The van der Waals surface area contributed by atoms with Crippen LogP contribution >= 0.6 is 0 Å². The van der Waals surface area contributed by atoms with Gasteiger partial charge in [0.15, 0.2) is 11.5 Å². The Bertz CT molecular complexity index is 892. The number of nitrogens with zero attached hydrogens (tertiary/aromatic N) is 3. The Labute approximate surface area is 175 Å². The first-order chi connectivity index (χ1) is 14.6. The number of esters is 1. The van der Waals surface area contributed by atoms with E-state index in [1.165, 1.54) is 30.8 Å². The molecular weight excluding hydrogens is 386 g/mol. The Morgan fingerprint density at radius 1 is 1.10 bits per heavy atom. The number of rotatable bonds is 5. The number of benzene rings is 1. The van der Waals surface area contributed by atoms with Crippen LogP contribution in [0.15, 0.2) is 36.9 Å². The molecule has 2 heterocycles. The molecular formula is C22H27N3O5. The molecule has 4 rings (SSSR count). The molecule has 1 aromatic carbocycles. The summed E-state index contributed by atoms with van der Waals surface area (Å²) in [6.45, 7) is 0.700. The van der Waals surface area contributed by atoms with E-state index in [0.29, 0.717) is 24.6 Å². The van der Waals surface area contributed by atoms with Gasteiger partial charge >= 0.3 is 12.0 Å². The summed E-state index contributed by atoms with van der Waals surface area (Å²) in [6.07, 6.45) is 9.22. The smallest absolute Gasteiger partial charge is 0.329 e. The van der Waals surface area contributed by atoms with Crippen molar-refractivity contribution >= 4 is 12.0 Å². The number of amides is 1. The van der Waals surface area contributed by atoms with Crippen LogP contribution in [0.5, 0.6) is 11.5 Å². The quantitative estimate of drug-likeness (QED) is 0.701. The lowest BCUT2D eigenvalue weighted by Gasteiger charge is -2.20. The molecule has 2 aromatic rings. The van der Waals surface area contributed by atoms with E-state index in [1.54, 1.807) is 24.4 Å². The van der Waals surface area contributed by atoms with Gasteiger partial charge in [0.25, 0.3) is 0 Å². The first-order valence-corrected chi connectivity index (χ1v) is 10.3. The second-order valence-electron chi connectivity index (χ2n) is 7.83. The monoisotopic (exact) mass is 413 g/mol. The maximum absolute atomic E-state index is 12.8. The van der Waals surface area contributed by atoms with Crippen LogP contribution in [0.3, 0.4) is 0 Å². The predicted octanol–water partition coefficient (Wildman–Crippen LogP) is 3.07. The third kappa shape index (κ3) is 3.99. The summed E-state index contributed by atoms with van der Waals surface area (Å²) < 4.78 is 18.2. The Balaban J connectivity index is 1.61. The van der Waals surface area contributed by atoms with Gasteiger partial charge < -0.3 is 19.1 Å². The molecule has 1 amide bonds. The molecule has 0 bridgehead atoms. The van der Waals surface area contributed by atoms with Crippen molar-refractivity contribution in [2.45, 2.75) is 37.7 Å². The second-order valence-corrected chi connectivity index (χ2v) is 7.83. The van der Waals surface area contributed by atoms with E-state index in [2.05, 4.69) is 4.98 Å². The molecule has 2 fully saturated rings. The largest absolute Gasteiger partial charge is 0.493 e. The van der Waals surface area contributed by atoms with Crippen molar-refractivity contribution < 1.29 is 23.8 Å². The van der Waals surface area contributed by atoms with Crippen LogP contribution in [-0.2, 0) is 9.53 Å². The fourth-order valence-electron chi connectivity index (χ4n) is 4.43. The minimum Gasteiger partial charge on any atom is -0.493 e. The van der Waals surface area contributed by atoms with Crippen molar-refractivity contribution in [3.8, 4) is 11.5 Å². The lowest BCUT2D eigenvalue weighted by atomic mass is 9.89. The third-order valence-electron chi connectivity index (χ3n) is 6.03. The number of imidazole rings is 1. The Hall–Kier alpha value is -3.03. The van der Waals surface area contributed by atoms with Crippen LogP contribution in [0.25, 0.3) is 0 Å². The van der Waals surface area contributed by atoms with Gasteiger partial charge in [0.2, 0.25) is 0 Å². The van der Waals surface area contributed by atoms with Crippen LogP contribution in [-0.4, -0.2) is 59.9 Å². The zero-order chi connectivity index (χ0) is 21.1. The highest BCUT2D eigenvalue weighted by molar-refractivity contribution is 5.80. The van der Waals surface area contributed by atoms with Gasteiger partial charge in [-0.1, -0.05) is 6.07 Å². The van der Waals surface area contributed by atoms with Crippen molar-refractivity contribution in [1.82, 2.24) is 14.5 Å². The summed E-state index contributed by atoms with van der Waals surface area (Å²) in [5.41, 5.74) is 0.931. The fraction of sp³-hybridized carbons (Fsp3) is 0.500. The molecule has 1 saturated heterocycles. The highest BCUT2D eigenvalue weighted by atomic mass is 16.5. The first kappa shape index (κ1) is 20.3. The lowest BCUT2D eigenvalue weighted by molar-refractivity contribution is -0.145. The molecule has 1 aliphatic carbocycles. The first-order valence-electron chi connectivity index (χ1n) is 10.3. The van der Waals surface area contributed by atoms with Gasteiger partial charge in [0, 0.05) is 31.4 Å². The molecule has 8 nitrogen and oxygen atoms in total. The zero-order valence-electron chi connectivity index (χ0n) is 17.3. The SMILES string of the molecule is COC(=O)[C@H]1CN(C(=O)n2ccnc2)C[C@@H]1c1ccc(OC)c(OC2CCCC2)c1. The molecule has 1 aliphatic heterocycles. The average molecular weight is 413 g/mol. The number of carbonyl (C=O) groups is 2. The molecule has 30 heavy (non-hydrogen) atoms. The molecule has 0 N–H and O–H groups in total. The van der Waals surface area contributed by atoms with E-state index in [1.807, 2.05) is 18.2 Å². The van der Waals surface area contributed by atoms with Crippen molar-refractivity contribution in [2.75, 3.05) is 27.3 Å². The summed E-state index contributed by atoms with van der Waals surface area (Å²) in [7, 11) is 3.00. The van der Waals surface area contributed by atoms with E-state index < -0.39 is 5.92 Å². The number of likely N-dealkylation sites (tertiary alicyclic amines) is 1. The summed E-state index contributed by atoms with van der Waals surface area (Å²) in [5.74, 6) is 0.390. The standard InChI is InChI=1S/C22H27N3O5/c1-28-19-8-7-15(11-20(19)30-16-5-3-4-6-16)17-12-25(13-18(17)21(26)29-2)22(27)24-10-9-23-14-24/h7-11,14,16-18H,3-6,12-13H2,1-2H3/t17-,18+/m1/s1. The Kier molecular flexibility index (Phi) is 5.92. The van der Waals surface area contributed by atoms with Gasteiger partial charge in [-0.25, -0.2) is 9.78 Å². The van der Waals surface area contributed by atoms with E-state index in [4.69, 9.17) is 14.2 Å². The van der Waals surface area contributed by atoms with E-state index >= 15 is 0 Å². The molecule has 0 radical (unpaired) electrons. The van der Waals surface area contributed by atoms with Crippen molar-refractivity contribution in [3.05, 3.63) is 42.5 Å².